The molecule has 20 heavy (non-hydrogen) atoms. The van der Waals surface area contributed by atoms with E-state index in [0.717, 1.165) is 0 Å². The highest BCUT2D eigenvalue weighted by molar-refractivity contribution is 5.64. The maximum atomic E-state index is 13.1. The minimum atomic E-state index is -4.60. The van der Waals surface area contributed by atoms with E-state index in [4.69, 9.17) is 4.52 Å². The van der Waals surface area contributed by atoms with Gasteiger partial charge in [-0.2, -0.15) is 13.2 Å². The van der Waals surface area contributed by atoms with Crippen LogP contribution in [0.3, 0.4) is 0 Å². The number of ether oxygens (including phenoxy) is 1. The molecule has 1 aromatic carbocycles. The molecule has 2 rings (SSSR count). The second kappa shape index (κ2) is 5.77. The van der Waals surface area contributed by atoms with Gasteiger partial charge in [0.25, 0.3) is 6.47 Å². The quantitative estimate of drug-likeness (QED) is 0.625. The van der Waals surface area contributed by atoms with Crippen LogP contribution in [0.15, 0.2) is 34.9 Å². The summed E-state index contributed by atoms with van der Waals surface area (Å²) in [6.07, 6.45) is -4.78. The highest BCUT2D eigenvalue weighted by Gasteiger charge is 2.40. The summed E-state index contributed by atoms with van der Waals surface area (Å²) in [4.78, 5) is 10.0. The Morgan fingerprint density at radius 3 is 2.55 bits per heavy atom. The van der Waals surface area contributed by atoms with E-state index in [2.05, 4.69) is 9.89 Å². The predicted octanol–water partition coefficient (Wildman–Crippen LogP) is 3.08. The molecule has 1 aromatic heterocycles. The molecule has 0 aliphatic heterocycles. The fraction of sp³-hybridized carbons (Fsp3) is 0.231. The Kier molecular flexibility index (Phi) is 4.07. The van der Waals surface area contributed by atoms with Gasteiger partial charge in [-0.15, -0.1) is 0 Å². The molecule has 0 atom stereocenters. The molecule has 0 radical (unpaired) electrons. The lowest BCUT2D eigenvalue weighted by Gasteiger charge is -2.08. The van der Waals surface area contributed by atoms with Crippen molar-refractivity contribution in [3.63, 3.8) is 0 Å². The number of rotatable bonds is 5. The number of carbonyl (C=O) groups is 1. The summed E-state index contributed by atoms with van der Waals surface area (Å²) in [6, 6.07) is 7.94. The smallest absolute Gasteiger partial charge is 0.421 e. The lowest BCUT2D eigenvalue weighted by Crippen LogP contribution is -2.10. The van der Waals surface area contributed by atoms with Crippen molar-refractivity contribution in [3.05, 3.63) is 41.7 Å². The van der Waals surface area contributed by atoms with Crippen molar-refractivity contribution in [1.29, 1.82) is 0 Å². The van der Waals surface area contributed by atoms with Crippen LogP contribution in [-0.2, 0) is 22.1 Å². The van der Waals surface area contributed by atoms with Gasteiger partial charge < -0.3 is 9.26 Å². The third kappa shape index (κ3) is 2.98. The highest BCUT2D eigenvalue weighted by Crippen LogP contribution is 2.39. The number of nitrogens with zero attached hydrogens (tertiary/aromatic N) is 1. The third-order valence-electron chi connectivity index (χ3n) is 2.61. The fourth-order valence-electron chi connectivity index (χ4n) is 1.78. The van der Waals surface area contributed by atoms with Gasteiger partial charge >= 0.3 is 6.18 Å². The van der Waals surface area contributed by atoms with Crippen molar-refractivity contribution >= 4 is 6.47 Å². The van der Waals surface area contributed by atoms with Gasteiger partial charge in [0.05, 0.1) is 6.61 Å². The van der Waals surface area contributed by atoms with Crippen LogP contribution in [0, 0.1) is 0 Å². The van der Waals surface area contributed by atoms with Crippen molar-refractivity contribution in [3.8, 4) is 11.3 Å². The molecular formula is C13H10F3NO3. The van der Waals surface area contributed by atoms with E-state index in [1.807, 2.05) is 0 Å². The number of benzene rings is 1. The average molecular weight is 285 g/mol. The van der Waals surface area contributed by atoms with Gasteiger partial charge in [-0.05, 0) is 0 Å². The molecule has 0 bridgehead atoms. The molecule has 0 saturated carbocycles. The van der Waals surface area contributed by atoms with E-state index < -0.39 is 11.7 Å². The van der Waals surface area contributed by atoms with Crippen LogP contribution in [0.5, 0.6) is 0 Å². The summed E-state index contributed by atoms with van der Waals surface area (Å²) in [7, 11) is 0. The molecule has 0 spiro atoms. The average Bonchev–Trinajstić information content (AvgIpc) is 2.84. The van der Waals surface area contributed by atoms with E-state index in [1.54, 1.807) is 18.2 Å². The SMILES string of the molecule is O=COCCc1onc(-c2ccccc2)c1C(F)(F)F. The van der Waals surface area contributed by atoms with E-state index >= 15 is 0 Å². The highest BCUT2D eigenvalue weighted by atomic mass is 19.4. The predicted molar refractivity (Wildman–Crippen MR) is 62.7 cm³/mol. The summed E-state index contributed by atoms with van der Waals surface area (Å²) < 4.78 is 48.5. The number of carbonyl (C=O) groups excluding carboxylic acids is 1. The maximum Gasteiger partial charge on any atom is 0.421 e. The van der Waals surface area contributed by atoms with Crippen LogP contribution in [0.2, 0.25) is 0 Å². The molecule has 0 amide bonds. The Morgan fingerprint density at radius 2 is 1.95 bits per heavy atom. The number of hydrogen-bond donors (Lipinski definition) is 0. The van der Waals surface area contributed by atoms with Gasteiger partial charge in [-0.25, -0.2) is 0 Å². The van der Waals surface area contributed by atoms with E-state index in [-0.39, 0.29) is 31.0 Å². The molecule has 106 valence electrons. The Bertz CT molecular complexity index is 578. The van der Waals surface area contributed by atoms with Crippen molar-refractivity contribution < 1.29 is 27.2 Å². The Balaban J connectivity index is 2.40. The van der Waals surface area contributed by atoms with Crippen molar-refractivity contribution in [2.24, 2.45) is 0 Å². The lowest BCUT2D eigenvalue weighted by atomic mass is 10.0. The van der Waals surface area contributed by atoms with Crippen LogP contribution in [-0.4, -0.2) is 18.2 Å². The summed E-state index contributed by atoms with van der Waals surface area (Å²) in [5.74, 6) is -0.349. The van der Waals surface area contributed by atoms with Gasteiger partial charge in [-0.1, -0.05) is 35.5 Å². The third-order valence-corrected chi connectivity index (χ3v) is 2.61. The van der Waals surface area contributed by atoms with Gasteiger partial charge in [0.1, 0.15) is 11.3 Å². The van der Waals surface area contributed by atoms with E-state index in [0.29, 0.717) is 5.56 Å². The van der Waals surface area contributed by atoms with Gasteiger partial charge in [-0.3, -0.25) is 4.79 Å². The molecule has 0 fully saturated rings. The van der Waals surface area contributed by atoms with Crippen LogP contribution >= 0.6 is 0 Å². The minimum absolute atomic E-state index is 0.168. The van der Waals surface area contributed by atoms with Crippen molar-refractivity contribution in [2.75, 3.05) is 6.61 Å². The second-order valence-corrected chi connectivity index (χ2v) is 3.91. The molecule has 2 aromatic rings. The first-order chi connectivity index (χ1) is 9.54. The Labute approximate surface area is 112 Å². The number of halogens is 3. The lowest BCUT2D eigenvalue weighted by molar-refractivity contribution is -0.138. The van der Waals surface area contributed by atoms with Gasteiger partial charge in [0.2, 0.25) is 0 Å². The summed E-state index contributed by atoms with van der Waals surface area (Å²) in [6.45, 7) is -0.0300. The summed E-state index contributed by atoms with van der Waals surface area (Å²) >= 11 is 0. The zero-order valence-corrected chi connectivity index (χ0v) is 10.2. The largest absolute Gasteiger partial charge is 0.467 e. The standard InChI is InChI=1S/C13H10F3NO3/c14-13(15,16)11-10(6-7-19-8-18)20-17-12(11)9-4-2-1-3-5-9/h1-5,8H,6-7H2. The minimum Gasteiger partial charge on any atom is -0.467 e. The topological polar surface area (TPSA) is 52.3 Å². The summed E-state index contributed by atoms with van der Waals surface area (Å²) in [5.41, 5.74) is -0.886. The number of alkyl halides is 3. The molecule has 0 N–H and O–H groups in total. The molecule has 0 aliphatic carbocycles. The van der Waals surface area contributed by atoms with Gasteiger partial charge in [0.15, 0.2) is 5.76 Å². The second-order valence-electron chi connectivity index (χ2n) is 3.91. The van der Waals surface area contributed by atoms with Gasteiger partial charge in [0, 0.05) is 12.0 Å². The molecule has 1 heterocycles. The summed E-state index contributed by atoms with van der Waals surface area (Å²) in [5, 5.41) is 3.49. The number of aromatic nitrogens is 1. The molecule has 0 saturated heterocycles. The first kappa shape index (κ1) is 14.1. The van der Waals surface area contributed by atoms with Crippen LogP contribution in [0.1, 0.15) is 11.3 Å². The molecule has 4 nitrogen and oxygen atoms in total. The first-order valence-electron chi connectivity index (χ1n) is 5.70. The molecule has 0 aliphatic rings. The number of hydrogen-bond acceptors (Lipinski definition) is 4. The molecule has 0 unspecified atom stereocenters. The van der Waals surface area contributed by atoms with E-state index in [1.165, 1.54) is 12.1 Å². The van der Waals surface area contributed by atoms with Crippen LogP contribution in [0.4, 0.5) is 13.2 Å². The zero-order valence-electron chi connectivity index (χ0n) is 10.2. The zero-order chi connectivity index (χ0) is 14.6. The van der Waals surface area contributed by atoms with Crippen molar-refractivity contribution in [1.82, 2.24) is 5.16 Å². The first-order valence-corrected chi connectivity index (χ1v) is 5.70. The normalized spacial score (nSPS) is 11.3. The molecular weight excluding hydrogens is 275 g/mol. The van der Waals surface area contributed by atoms with Crippen LogP contribution in [0.25, 0.3) is 11.3 Å². The van der Waals surface area contributed by atoms with E-state index in [9.17, 15) is 18.0 Å². The van der Waals surface area contributed by atoms with Crippen molar-refractivity contribution in [2.45, 2.75) is 12.6 Å². The Hall–Kier alpha value is -2.31. The molecule has 7 heteroatoms. The monoisotopic (exact) mass is 285 g/mol. The fourth-order valence-corrected chi connectivity index (χ4v) is 1.78. The Morgan fingerprint density at radius 1 is 1.25 bits per heavy atom. The van der Waals surface area contributed by atoms with Crippen LogP contribution < -0.4 is 0 Å². The maximum absolute atomic E-state index is 13.1.